The zero-order chi connectivity index (χ0) is 15.6. The lowest BCUT2D eigenvalue weighted by Gasteiger charge is -2.08. The third kappa shape index (κ3) is 3.80. The van der Waals surface area contributed by atoms with Gasteiger partial charge in [-0.05, 0) is 26.0 Å². The Kier molecular flexibility index (Phi) is 5.32. The molecule has 4 nitrogen and oxygen atoms in total. The third-order valence-electron chi connectivity index (χ3n) is 2.50. The van der Waals surface area contributed by atoms with Crippen LogP contribution in [0.25, 0.3) is 0 Å². The molecule has 0 aliphatic rings. The molecule has 2 aromatic rings. The highest BCUT2D eigenvalue weighted by atomic mass is 35.5. The van der Waals surface area contributed by atoms with Crippen molar-refractivity contribution in [3.05, 3.63) is 37.8 Å². The molecule has 0 fully saturated rings. The Morgan fingerprint density at radius 1 is 1.33 bits per heavy atom. The lowest BCUT2D eigenvalue weighted by Crippen LogP contribution is -2.06. The van der Waals surface area contributed by atoms with Gasteiger partial charge in [-0.25, -0.2) is 9.78 Å². The second-order valence-corrected chi connectivity index (χ2v) is 6.47. The first-order valence-corrected chi connectivity index (χ1v) is 7.93. The summed E-state index contributed by atoms with van der Waals surface area (Å²) >= 11 is 19.4. The molecule has 1 aromatic heterocycles. The largest absolute Gasteiger partial charge is 0.461 e. The lowest BCUT2D eigenvalue weighted by atomic mass is 10.3. The second-order valence-electron chi connectivity index (χ2n) is 4.01. The van der Waals surface area contributed by atoms with E-state index in [2.05, 4.69) is 10.3 Å². The highest BCUT2D eigenvalue weighted by molar-refractivity contribution is 7.15. The summed E-state index contributed by atoms with van der Waals surface area (Å²) in [5.41, 5.74) is 0.775. The molecule has 1 N–H and O–H groups in total. The van der Waals surface area contributed by atoms with Crippen LogP contribution in [0, 0.1) is 6.92 Å². The first kappa shape index (κ1) is 16.4. The van der Waals surface area contributed by atoms with Gasteiger partial charge in [-0.2, -0.15) is 0 Å². The summed E-state index contributed by atoms with van der Waals surface area (Å²) in [7, 11) is 0. The van der Waals surface area contributed by atoms with Crippen LogP contribution in [-0.2, 0) is 4.74 Å². The lowest BCUT2D eigenvalue weighted by molar-refractivity contribution is 0.0519. The van der Waals surface area contributed by atoms with Crippen molar-refractivity contribution in [2.75, 3.05) is 11.9 Å². The molecule has 0 atom stereocenters. The molecule has 0 aliphatic heterocycles. The second kappa shape index (κ2) is 6.83. The quantitative estimate of drug-likeness (QED) is 0.744. The summed E-state index contributed by atoms with van der Waals surface area (Å²) in [6.07, 6.45) is 0. The van der Waals surface area contributed by atoms with Crippen LogP contribution in [0.2, 0.25) is 15.1 Å². The van der Waals surface area contributed by atoms with Crippen molar-refractivity contribution in [3.8, 4) is 0 Å². The number of ether oxygens (including phenoxy) is 1. The van der Waals surface area contributed by atoms with Crippen LogP contribution >= 0.6 is 46.1 Å². The smallest absolute Gasteiger partial charge is 0.358 e. The Hall–Kier alpha value is -1.01. The molecule has 2 rings (SSSR count). The predicted octanol–water partition coefficient (Wildman–Crippen LogP) is 5.33. The standard InChI is InChI=1S/C13H11Cl3N2O2S/c1-3-20-12(19)10-6(2)21-13(17-10)18-11-8(15)4-7(14)5-9(11)16/h4-5H,3H2,1-2H3,(H,17,18). The van der Waals surface area contributed by atoms with Gasteiger partial charge in [-0.3, -0.25) is 0 Å². The number of benzene rings is 1. The van der Waals surface area contributed by atoms with Crippen molar-refractivity contribution >= 4 is 62.9 Å². The Balaban J connectivity index is 2.29. The normalized spacial score (nSPS) is 10.5. The number of halogens is 3. The van der Waals surface area contributed by atoms with E-state index in [1.54, 1.807) is 26.0 Å². The number of rotatable bonds is 4. The number of anilines is 2. The maximum Gasteiger partial charge on any atom is 0.358 e. The van der Waals surface area contributed by atoms with Crippen LogP contribution in [0.15, 0.2) is 12.1 Å². The SMILES string of the molecule is CCOC(=O)c1nc(Nc2c(Cl)cc(Cl)cc2Cl)sc1C. The molecular weight excluding hydrogens is 355 g/mol. The van der Waals surface area contributed by atoms with E-state index >= 15 is 0 Å². The van der Waals surface area contributed by atoms with Crippen molar-refractivity contribution in [1.82, 2.24) is 4.98 Å². The minimum atomic E-state index is -0.451. The zero-order valence-corrected chi connectivity index (χ0v) is 14.3. The molecule has 1 aromatic carbocycles. The number of carbonyl (C=O) groups is 1. The Bertz CT molecular complexity index is 665. The Labute approximate surface area is 141 Å². The van der Waals surface area contributed by atoms with Crippen LogP contribution in [0.3, 0.4) is 0 Å². The maximum absolute atomic E-state index is 11.7. The summed E-state index contributed by atoms with van der Waals surface area (Å²) in [4.78, 5) is 16.7. The maximum atomic E-state index is 11.7. The van der Waals surface area contributed by atoms with E-state index in [-0.39, 0.29) is 5.69 Å². The number of aryl methyl sites for hydroxylation is 1. The van der Waals surface area contributed by atoms with Gasteiger partial charge in [0.25, 0.3) is 0 Å². The van der Waals surface area contributed by atoms with Crippen molar-refractivity contribution < 1.29 is 9.53 Å². The first-order chi connectivity index (χ1) is 9.92. The van der Waals surface area contributed by atoms with Gasteiger partial charge in [0.2, 0.25) is 0 Å². The number of hydrogen-bond acceptors (Lipinski definition) is 5. The molecular formula is C13H11Cl3N2O2S. The molecule has 112 valence electrons. The zero-order valence-electron chi connectivity index (χ0n) is 11.2. The predicted molar refractivity (Wildman–Crippen MR) is 87.6 cm³/mol. The third-order valence-corrected chi connectivity index (χ3v) is 4.20. The highest BCUT2D eigenvalue weighted by Gasteiger charge is 2.18. The van der Waals surface area contributed by atoms with Crippen molar-refractivity contribution in [2.24, 2.45) is 0 Å². The van der Waals surface area contributed by atoms with Gasteiger partial charge < -0.3 is 10.1 Å². The van der Waals surface area contributed by atoms with E-state index in [1.807, 2.05) is 0 Å². The van der Waals surface area contributed by atoms with Crippen molar-refractivity contribution in [2.45, 2.75) is 13.8 Å². The van der Waals surface area contributed by atoms with E-state index in [0.29, 0.717) is 32.5 Å². The van der Waals surface area contributed by atoms with Gasteiger partial charge in [-0.15, -0.1) is 11.3 Å². The summed E-state index contributed by atoms with van der Waals surface area (Å²) in [6.45, 7) is 3.83. The molecule has 0 spiro atoms. The van der Waals surface area contributed by atoms with Crippen LogP contribution in [0.5, 0.6) is 0 Å². The topological polar surface area (TPSA) is 51.2 Å². The molecule has 0 saturated heterocycles. The molecule has 8 heteroatoms. The summed E-state index contributed by atoms with van der Waals surface area (Å²) in [5.74, 6) is -0.451. The molecule has 0 aliphatic carbocycles. The molecule has 0 unspecified atom stereocenters. The van der Waals surface area contributed by atoms with Gasteiger partial charge in [0.1, 0.15) is 0 Å². The average Bonchev–Trinajstić information content (AvgIpc) is 2.75. The van der Waals surface area contributed by atoms with Gasteiger partial charge in [0.05, 0.1) is 22.3 Å². The highest BCUT2D eigenvalue weighted by Crippen LogP contribution is 2.37. The van der Waals surface area contributed by atoms with Gasteiger partial charge >= 0.3 is 5.97 Å². The molecule has 0 amide bonds. The van der Waals surface area contributed by atoms with Crippen molar-refractivity contribution in [3.63, 3.8) is 0 Å². The Morgan fingerprint density at radius 3 is 2.52 bits per heavy atom. The number of esters is 1. The Morgan fingerprint density at radius 2 is 1.95 bits per heavy atom. The van der Waals surface area contributed by atoms with Crippen LogP contribution in [0.1, 0.15) is 22.3 Å². The summed E-state index contributed by atoms with van der Waals surface area (Å²) in [5, 5.41) is 4.69. The van der Waals surface area contributed by atoms with Gasteiger partial charge in [-0.1, -0.05) is 34.8 Å². The van der Waals surface area contributed by atoms with Gasteiger partial charge in [0.15, 0.2) is 10.8 Å². The van der Waals surface area contributed by atoms with Crippen LogP contribution < -0.4 is 5.32 Å². The number of nitrogens with zero attached hydrogens (tertiary/aromatic N) is 1. The molecule has 0 saturated carbocycles. The van der Waals surface area contributed by atoms with E-state index < -0.39 is 5.97 Å². The number of nitrogens with one attached hydrogen (secondary N) is 1. The number of hydrogen-bond donors (Lipinski definition) is 1. The summed E-state index contributed by atoms with van der Waals surface area (Å²) in [6, 6.07) is 3.15. The minimum Gasteiger partial charge on any atom is -0.461 e. The van der Waals surface area contributed by atoms with E-state index in [9.17, 15) is 4.79 Å². The summed E-state index contributed by atoms with van der Waals surface area (Å²) < 4.78 is 4.94. The number of carbonyl (C=O) groups excluding carboxylic acids is 1. The first-order valence-electron chi connectivity index (χ1n) is 5.98. The van der Waals surface area contributed by atoms with Crippen molar-refractivity contribution in [1.29, 1.82) is 0 Å². The molecule has 21 heavy (non-hydrogen) atoms. The fourth-order valence-electron chi connectivity index (χ4n) is 1.61. The monoisotopic (exact) mass is 364 g/mol. The van der Waals surface area contributed by atoms with E-state index in [0.717, 1.165) is 4.88 Å². The van der Waals surface area contributed by atoms with Gasteiger partial charge in [0, 0.05) is 9.90 Å². The molecule has 0 radical (unpaired) electrons. The number of thiazole rings is 1. The fraction of sp³-hybridized carbons (Fsp3) is 0.231. The van der Waals surface area contributed by atoms with Crippen LogP contribution in [0.4, 0.5) is 10.8 Å². The molecule has 0 bridgehead atoms. The fourth-order valence-corrected chi connectivity index (χ4v) is 3.32. The minimum absolute atomic E-state index is 0.283. The number of aromatic nitrogens is 1. The van der Waals surface area contributed by atoms with E-state index in [4.69, 9.17) is 39.5 Å². The average molecular weight is 366 g/mol. The van der Waals surface area contributed by atoms with E-state index in [1.165, 1.54) is 11.3 Å². The van der Waals surface area contributed by atoms with Crippen LogP contribution in [-0.4, -0.2) is 17.6 Å². The molecule has 1 heterocycles.